The monoisotopic (exact) mass is 391 g/mol. The van der Waals surface area contributed by atoms with Crippen molar-refractivity contribution < 1.29 is 0 Å². The van der Waals surface area contributed by atoms with Crippen molar-refractivity contribution in [3.63, 3.8) is 0 Å². The molecule has 3 aromatic heterocycles. The van der Waals surface area contributed by atoms with Crippen molar-refractivity contribution in [1.29, 1.82) is 0 Å². The molecule has 0 saturated heterocycles. The van der Waals surface area contributed by atoms with Gasteiger partial charge in [-0.1, -0.05) is 0 Å². The van der Waals surface area contributed by atoms with E-state index >= 15 is 0 Å². The first kappa shape index (κ1) is 12.2. The van der Waals surface area contributed by atoms with Crippen LogP contribution in [0.25, 0.3) is 20.4 Å². The molecule has 3 rings (SSSR count). The second kappa shape index (κ2) is 3.83. The fraction of sp³-hybridized carbons (Fsp3) is 0.333. The van der Waals surface area contributed by atoms with Crippen LogP contribution < -0.4 is 0 Å². The van der Waals surface area contributed by atoms with Gasteiger partial charge in [0.05, 0.1) is 28.0 Å². The van der Waals surface area contributed by atoms with Gasteiger partial charge in [-0.15, -0.1) is 22.7 Å². The van der Waals surface area contributed by atoms with Gasteiger partial charge in [-0.2, -0.15) is 0 Å². The van der Waals surface area contributed by atoms with Gasteiger partial charge in [0.15, 0.2) is 0 Å². The topological polar surface area (TPSA) is 4.93 Å². The van der Waals surface area contributed by atoms with Crippen LogP contribution in [0.15, 0.2) is 19.7 Å². The van der Waals surface area contributed by atoms with Crippen molar-refractivity contribution in [2.24, 2.45) is 0 Å². The van der Waals surface area contributed by atoms with E-state index in [9.17, 15) is 0 Å². The highest BCUT2D eigenvalue weighted by Crippen LogP contribution is 2.45. The van der Waals surface area contributed by atoms with Gasteiger partial charge in [0.25, 0.3) is 0 Å². The molecule has 3 aromatic rings. The van der Waals surface area contributed by atoms with E-state index in [1.165, 1.54) is 28.0 Å². The molecule has 0 fully saturated rings. The summed E-state index contributed by atoms with van der Waals surface area (Å²) in [7, 11) is 0. The van der Waals surface area contributed by atoms with Crippen LogP contribution in [0.5, 0.6) is 0 Å². The molecular formula is C12H11Br2NS2. The molecule has 0 aliphatic carbocycles. The van der Waals surface area contributed by atoms with E-state index in [0.717, 1.165) is 0 Å². The van der Waals surface area contributed by atoms with Crippen molar-refractivity contribution >= 4 is 75.0 Å². The van der Waals surface area contributed by atoms with E-state index < -0.39 is 0 Å². The van der Waals surface area contributed by atoms with Gasteiger partial charge in [0.2, 0.25) is 0 Å². The van der Waals surface area contributed by atoms with Crippen LogP contribution in [0.2, 0.25) is 0 Å². The molecule has 5 heteroatoms. The summed E-state index contributed by atoms with van der Waals surface area (Å²) in [6, 6.07) is 4.46. The number of nitrogens with zero attached hydrogens (tertiary/aromatic N) is 1. The minimum atomic E-state index is 0.0982. The van der Waals surface area contributed by atoms with Crippen LogP contribution in [0.3, 0.4) is 0 Å². The average molecular weight is 393 g/mol. The molecule has 0 atom stereocenters. The Morgan fingerprint density at radius 3 is 1.71 bits per heavy atom. The molecule has 0 aromatic carbocycles. The second-order valence-corrected chi connectivity index (χ2v) is 9.90. The molecule has 1 nitrogen and oxygen atoms in total. The SMILES string of the molecule is CC(C)(C)n1c2cc(Br)sc2c2sc(Br)cc21. The lowest BCUT2D eigenvalue weighted by atomic mass is 10.1. The lowest BCUT2D eigenvalue weighted by Crippen LogP contribution is -2.20. The number of aromatic nitrogens is 1. The summed E-state index contributed by atoms with van der Waals surface area (Å²) in [5.41, 5.74) is 2.77. The molecule has 0 saturated carbocycles. The van der Waals surface area contributed by atoms with E-state index in [1.54, 1.807) is 0 Å². The van der Waals surface area contributed by atoms with Crippen LogP contribution >= 0.6 is 54.5 Å². The van der Waals surface area contributed by atoms with Crippen LogP contribution in [-0.2, 0) is 5.54 Å². The lowest BCUT2D eigenvalue weighted by molar-refractivity contribution is 0.423. The summed E-state index contributed by atoms with van der Waals surface area (Å²) in [6.45, 7) is 6.76. The van der Waals surface area contributed by atoms with Crippen LogP contribution in [0, 0.1) is 0 Å². The quantitative estimate of drug-likeness (QED) is 0.429. The Balaban J connectivity index is 2.55. The van der Waals surface area contributed by atoms with Crippen molar-refractivity contribution in [2.75, 3.05) is 0 Å². The molecule has 90 valence electrons. The molecule has 0 bridgehead atoms. The summed E-state index contributed by atoms with van der Waals surface area (Å²) in [4.78, 5) is 0. The van der Waals surface area contributed by atoms with Gasteiger partial charge < -0.3 is 4.57 Å². The summed E-state index contributed by atoms with van der Waals surface area (Å²) >= 11 is 10.8. The first-order valence-corrected chi connectivity index (χ1v) is 8.49. The second-order valence-electron chi connectivity index (χ2n) is 5.04. The highest BCUT2D eigenvalue weighted by molar-refractivity contribution is 9.11. The third-order valence-electron chi connectivity index (χ3n) is 2.72. The third kappa shape index (κ3) is 1.82. The predicted molar refractivity (Wildman–Crippen MR) is 85.6 cm³/mol. The van der Waals surface area contributed by atoms with Crippen LogP contribution in [0.4, 0.5) is 0 Å². The molecular weight excluding hydrogens is 382 g/mol. The smallest absolute Gasteiger partial charge is 0.0726 e. The Hall–Kier alpha value is 0.160. The van der Waals surface area contributed by atoms with Gasteiger partial charge in [0, 0.05) is 5.54 Å². The summed E-state index contributed by atoms with van der Waals surface area (Å²) in [5.74, 6) is 0. The zero-order valence-electron chi connectivity index (χ0n) is 9.67. The Bertz CT molecular complexity index is 658. The van der Waals surface area contributed by atoms with Crippen LogP contribution in [0.1, 0.15) is 20.8 Å². The molecule has 0 spiro atoms. The fourth-order valence-corrected chi connectivity index (χ4v) is 5.50. The largest absolute Gasteiger partial charge is 0.334 e. The maximum Gasteiger partial charge on any atom is 0.0726 e. The van der Waals surface area contributed by atoms with Crippen molar-refractivity contribution in [2.45, 2.75) is 26.3 Å². The first-order valence-electron chi connectivity index (χ1n) is 5.27. The van der Waals surface area contributed by atoms with E-state index in [-0.39, 0.29) is 5.54 Å². The predicted octanol–water partition coefficient (Wildman–Crippen LogP) is 6.20. The molecule has 0 N–H and O–H groups in total. The fourth-order valence-electron chi connectivity index (χ4n) is 2.21. The van der Waals surface area contributed by atoms with Gasteiger partial charge in [0.1, 0.15) is 0 Å². The molecule has 0 amide bonds. The number of hydrogen-bond donors (Lipinski definition) is 0. The number of hydrogen-bond acceptors (Lipinski definition) is 2. The number of halogens is 2. The molecule has 0 unspecified atom stereocenters. The average Bonchev–Trinajstić information content (AvgIpc) is 2.73. The highest BCUT2D eigenvalue weighted by Gasteiger charge is 2.23. The number of thiophene rings is 2. The molecule has 3 heterocycles. The Morgan fingerprint density at radius 1 is 0.941 bits per heavy atom. The third-order valence-corrected chi connectivity index (χ3v) is 6.14. The molecule has 17 heavy (non-hydrogen) atoms. The normalized spacial score (nSPS) is 13.0. The van der Waals surface area contributed by atoms with E-state index in [1.807, 2.05) is 22.7 Å². The van der Waals surface area contributed by atoms with E-state index in [0.29, 0.717) is 0 Å². The summed E-state index contributed by atoms with van der Waals surface area (Å²) < 4.78 is 7.61. The lowest BCUT2D eigenvalue weighted by Gasteiger charge is -2.23. The van der Waals surface area contributed by atoms with Gasteiger partial charge in [-0.3, -0.25) is 0 Å². The minimum absolute atomic E-state index is 0.0982. The molecule has 0 aliphatic heterocycles. The van der Waals surface area contributed by atoms with Gasteiger partial charge >= 0.3 is 0 Å². The van der Waals surface area contributed by atoms with E-state index in [2.05, 4.69) is 69.3 Å². The molecule has 0 aliphatic rings. The highest BCUT2D eigenvalue weighted by atomic mass is 79.9. The summed E-state index contributed by atoms with van der Waals surface area (Å²) in [5, 5.41) is 0. The maximum atomic E-state index is 3.60. The van der Waals surface area contributed by atoms with Gasteiger partial charge in [-0.25, -0.2) is 0 Å². The number of fused-ring (bicyclic) bond motifs is 3. The minimum Gasteiger partial charge on any atom is -0.334 e. The van der Waals surface area contributed by atoms with Crippen molar-refractivity contribution in [3.8, 4) is 0 Å². The number of rotatable bonds is 0. The van der Waals surface area contributed by atoms with Crippen LogP contribution in [-0.4, -0.2) is 4.57 Å². The summed E-state index contributed by atoms with van der Waals surface area (Å²) in [6.07, 6.45) is 0. The zero-order chi connectivity index (χ0) is 12.4. The van der Waals surface area contributed by atoms with Crippen molar-refractivity contribution in [1.82, 2.24) is 4.57 Å². The standard InChI is InChI=1S/C12H11Br2NS2/c1-12(2,3)15-6-4-8(13)16-10(6)11-7(15)5-9(14)17-11/h4-5H,1-3H3. The Kier molecular flexibility index (Phi) is 2.75. The maximum absolute atomic E-state index is 3.60. The molecule has 0 radical (unpaired) electrons. The Labute approximate surface area is 125 Å². The van der Waals surface area contributed by atoms with E-state index in [4.69, 9.17) is 0 Å². The Morgan fingerprint density at radius 2 is 1.35 bits per heavy atom. The zero-order valence-corrected chi connectivity index (χ0v) is 14.5. The van der Waals surface area contributed by atoms with Gasteiger partial charge in [-0.05, 0) is 64.8 Å². The first-order chi connectivity index (χ1) is 7.88. The van der Waals surface area contributed by atoms with Crippen molar-refractivity contribution in [3.05, 3.63) is 19.7 Å².